The number of benzene rings is 3. The fraction of sp³-hybridized carbons (Fsp3) is 0.438. The number of hydrogen-bond acceptors (Lipinski definition) is 2. The summed E-state index contributed by atoms with van der Waals surface area (Å²) in [5.74, 6) is 0. The van der Waals surface area contributed by atoms with Gasteiger partial charge in [0.2, 0.25) is 0 Å². The van der Waals surface area contributed by atoms with E-state index in [9.17, 15) is 0 Å². The third-order valence-electron chi connectivity index (χ3n) is 6.93. The molecule has 0 heterocycles. The van der Waals surface area contributed by atoms with Crippen LogP contribution in [0.2, 0.25) is 39.3 Å². The molecule has 0 spiro atoms. The molecule has 3 aromatic carbocycles. The van der Waals surface area contributed by atoms with E-state index in [1.54, 1.807) is 0 Å². The summed E-state index contributed by atoms with van der Waals surface area (Å²) in [6.45, 7) is 21.3. The van der Waals surface area contributed by atoms with Crippen LogP contribution in [-0.4, -0.2) is 16.5 Å². The third-order valence-corrected chi connectivity index (χ3v) is 11.0. The maximum Gasteiger partial charge on any atom is 0.147 e. The lowest BCUT2D eigenvalue weighted by atomic mass is 10.1. The summed E-state index contributed by atoms with van der Waals surface area (Å²) in [6.07, 6.45) is 4.64. The largest absolute Gasteiger partial charge is 0.394 e. The predicted molar refractivity (Wildman–Crippen MR) is 166 cm³/mol. The zero-order chi connectivity index (χ0) is 26.3. The molecule has 0 amide bonds. The lowest BCUT2D eigenvalue weighted by molar-refractivity contribution is 0.900. The highest BCUT2D eigenvalue weighted by Crippen LogP contribution is 2.31. The first kappa shape index (κ1) is 28.3. The zero-order valence-corrected chi connectivity index (χ0v) is 26.1. The number of nitrogens with zero attached hydrogens (tertiary/aromatic N) is 2. The van der Waals surface area contributed by atoms with Crippen molar-refractivity contribution >= 4 is 27.8 Å². The standard InChI is InChI=1S/C32H48N2Si2/c1-9-15-29-17-11-13-19-31(29)33(35(3,4)5)25-27-21-23-28(24-22-27)26-34(36(6,7)8)32-20-14-12-18-30(32)16-10-2/h11-14,17-24H,9-10,15-16,25-26H2,1-8H3. The second-order valence-electron chi connectivity index (χ2n) is 12.1. The highest BCUT2D eigenvalue weighted by Gasteiger charge is 2.27. The van der Waals surface area contributed by atoms with Crippen molar-refractivity contribution in [2.75, 3.05) is 9.13 Å². The molecule has 0 N–H and O–H groups in total. The molecule has 194 valence electrons. The van der Waals surface area contributed by atoms with E-state index < -0.39 is 16.5 Å². The predicted octanol–water partition coefficient (Wildman–Crippen LogP) is 9.27. The number of aryl methyl sites for hydroxylation is 2. The van der Waals surface area contributed by atoms with Gasteiger partial charge in [-0.25, -0.2) is 0 Å². The summed E-state index contributed by atoms with van der Waals surface area (Å²) >= 11 is 0. The Hall–Kier alpha value is -2.31. The Morgan fingerprint density at radius 2 is 0.833 bits per heavy atom. The molecule has 0 aliphatic heterocycles. The third kappa shape index (κ3) is 7.36. The van der Waals surface area contributed by atoms with Gasteiger partial charge >= 0.3 is 0 Å². The van der Waals surface area contributed by atoms with Gasteiger partial charge in [0.25, 0.3) is 0 Å². The van der Waals surface area contributed by atoms with Crippen molar-refractivity contribution in [2.45, 2.75) is 91.9 Å². The molecule has 0 aromatic heterocycles. The van der Waals surface area contributed by atoms with Crippen LogP contribution in [0.15, 0.2) is 72.8 Å². The molecule has 0 saturated heterocycles. The van der Waals surface area contributed by atoms with Gasteiger partial charge in [-0.2, -0.15) is 0 Å². The summed E-state index contributed by atoms with van der Waals surface area (Å²) in [5, 5.41) is 0. The molecule has 4 heteroatoms. The smallest absolute Gasteiger partial charge is 0.147 e. The van der Waals surface area contributed by atoms with Gasteiger partial charge in [-0.3, -0.25) is 0 Å². The quantitative estimate of drug-likeness (QED) is 0.221. The highest BCUT2D eigenvalue weighted by molar-refractivity contribution is 6.80. The first-order valence-corrected chi connectivity index (χ1v) is 20.7. The average Bonchev–Trinajstić information content (AvgIpc) is 2.82. The van der Waals surface area contributed by atoms with Gasteiger partial charge in [0.05, 0.1) is 0 Å². The lowest BCUT2D eigenvalue weighted by Gasteiger charge is -2.39. The van der Waals surface area contributed by atoms with Gasteiger partial charge in [-0.05, 0) is 47.2 Å². The molecule has 0 aliphatic rings. The topological polar surface area (TPSA) is 6.48 Å². The van der Waals surface area contributed by atoms with Crippen molar-refractivity contribution in [1.29, 1.82) is 0 Å². The van der Waals surface area contributed by atoms with Crippen LogP contribution >= 0.6 is 0 Å². The molecule has 0 atom stereocenters. The van der Waals surface area contributed by atoms with Gasteiger partial charge < -0.3 is 9.13 Å². The molecule has 0 fully saturated rings. The number of anilines is 2. The van der Waals surface area contributed by atoms with Crippen LogP contribution in [0.1, 0.15) is 48.9 Å². The monoisotopic (exact) mass is 516 g/mol. The van der Waals surface area contributed by atoms with Gasteiger partial charge in [-0.15, -0.1) is 0 Å². The van der Waals surface area contributed by atoms with Crippen molar-refractivity contribution in [3.8, 4) is 0 Å². The fourth-order valence-electron chi connectivity index (χ4n) is 4.99. The zero-order valence-electron chi connectivity index (χ0n) is 24.1. The summed E-state index contributed by atoms with van der Waals surface area (Å²) in [6, 6.07) is 27.5. The maximum absolute atomic E-state index is 2.71. The minimum atomic E-state index is -1.56. The first-order chi connectivity index (χ1) is 17.0. The van der Waals surface area contributed by atoms with Crippen molar-refractivity contribution < 1.29 is 0 Å². The Morgan fingerprint density at radius 1 is 0.500 bits per heavy atom. The van der Waals surface area contributed by atoms with Gasteiger partial charge in [0, 0.05) is 24.5 Å². The van der Waals surface area contributed by atoms with Crippen LogP contribution in [-0.2, 0) is 25.9 Å². The van der Waals surface area contributed by atoms with Crippen LogP contribution in [0.3, 0.4) is 0 Å². The summed E-state index contributed by atoms with van der Waals surface area (Å²) < 4.78 is 5.42. The summed E-state index contributed by atoms with van der Waals surface area (Å²) in [5.41, 5.74) is 8.63. The van der Waals surface area contributed by atoms with Crippen LogP contribution in [0.4, 0.5) is 11.4 Å². The number of hydrogen-bond donors (Lipinski definition) is 0. The van der Waals surface area contributed by atoms with Gasteiger partial charge in [-0.1, -0.05) is 127 Å². The molecule has 2 nitrogen and oxygen atoms in total. The Balaban J connectivity index is 1.86. The molecule has 36 heavy (non-hydrogen) atoms. The highest BCUT2D eigenvalue weighted by atomic mass is 28.3. The molecular weight excluding hydrogens is 469 g/mol. The van der Waals surface area contributed by atoms with Gasteiger partial charge in [0.15, 0.2) is 0 Å². The summed E-state index contributed by atoms with van der Waals surface area (Å²) in [4.78, 5) is 0. The van der Waals surface area contributed by atoms with Crippen molar-refractivity contribution in [3.63, 3.8) is 0 Å². The van der Waals surface area contributed by atoms with E-state index in [1.807, 2.05) is 0 Å². The van der Waals surface area contributed by atoms with Crippen molar-refractivity contribution in [1.82, 2.24) is 0 Å². The molecule has 0 bridgehead atoms. The Kier molecular flexibility index (Phi) is 9.65. The second-order valence-corrected chi connectivity index (χ2v) is 21.9. The molecule has 3 rings (SSSR count). The number of rotatable bonds is 12. The van der Waals surface area contributed by atoms with Crippen molar-refractivity contribution in [2.24, 2.45) is 0 Å². The van der Waals surface area contributed by atoms with E-state index in [4.69, 9.17) is 0 Å². The van der Waals surface area contributed by atoms with E-state index in [0.717, 1.165) is 25.9 Å². The van der Waals surface area contributed by atoms with E-state index in [2.05, 4.69) is 135 Å². The molecule has 0 aliphatic carbocycles. The Labute approximate surface area is 223 Å². The average molecular weight is 517 g/mol. The SMILES string of the molecule is CCCc1ccccc1N(Cc1ccc(CN(c2ccccc2CCC)[Si](C)(C)C)cc1)[Si](C)(C)C. The van der Waals surface area contributed by atoms with Crippen LogP contribution in [0.5, 0.6) is 0 Å². The van der Waals surface area contributed by atoms with Crippen LogP contribution in [0, 0.1) is 0 Å². The first-order valence-electron chi connectivity index (χ1n) is 13.8. The minimum absolute atomic E-state index is 0.980. The normalized spacial score (nSPS) is 12.0. The Bertz CT molecular complexity index is 1010. The van der Waals surface area contributed by atoms with E-state index in [-0.39, 0.29) is 0 Å². The van der Waals surface area contributed by atoms with Crippen LogP contribution < -0.4 is 9.13 Å². The summed E-state index contributed by atoms with van der Waals surface area (Å²) in [7, 11) is -3.13. The van der Waals surface area contributed by atoms with Gasteiger partial charge in [0.1, 0.15) is 16.5 Å². The molecular formula is C32H48N2Si2. The minimum Gasteiger partial charge on any atom is -0.394 e. The number of para-hydroxylation sites is 2. The van der Waals surface area contributed by atoms with E-state index in [1.165, 1.54) is 46.5 Å². The van der Waals surface area contributed by atoms with Crippen LogP contribution in [0.25, 0.3) is 0 Å². The fourth-order valence-corrected chi connectivity index (χ4v) is 8.19. The maximum atomic E-state index is 2.71. The van der Waals surface area contributed by atoms with E-state index in [0.29, 0.717) is 0 Å². The molecule has 3 aromatic rings. The lowest BCUT2D eigenvalue weighted by Crippen LogP contribution is -2.46. The molecule has 0 radical (unpaired) electrons. The Morgan fingerprint density at radius 3 is 1.14 bits per heavy atom. The van der Waals surface area contributed by atoms with E-state index >= 15 is 0 Å². The molecule has 0 saturated carbocycles. The second kappa shape index (κ2) is 12.3. The molecule has 0 unspecified atom stereocenters. The van der Waals surface area contributed by atoms with Crippen molar-refractivity contribution in [3.05, 3.63) is 95.1 Å².